The molecular formula is C25H25BrN2O5. The number of anilines is 1. The SMILES string of the molecule is COc1ccccc1NC(=O)C1C(C)=NC2=C(C(=O)CCC2)C1c1cc(Br)c(O)c(OC)c1. The van der Waals surface area contributed by atoms with Crippen LogP contribution < -0.4 is 14.8 Å². The van der Waals surface area contributed by atoms with Gasteiger partial charge < -0.3 is 19.9 Å². The molecule has 2 atom stereocenters. The van der Waals surface area contributed by atoms with E-state index in [0.717, 1.165) is 12.1 Å². The summed E-state index contributed by atoms with van der Waals surface area (Å²) in [6.45, 7) is 1.81. The lowest BCUT2D eigenvalue weighted by Crippen LogP contribution is -2.39. The fourth-order valence-electron chi connectivity index (χ4n) is 4.59. The van der Waals surface area contributed by atoms with Gasteiger partial charge in [0.25, 0.3) is 0 Å². The van der Waals surface area contributed by atoms with Crippen molar-refractivity contribution in [1.29, 1.82) is 0 Å². The van der Waals surface area contributed by atoms with E-state index < -0.39 is 11.8 Å². The molecule has 0 fully saturated rings. The second kappa shape index (κ2) is 9.39. The number of hydrogen-bond donors (Lipinski definition) is 2. The number of carbonyl (C=O) groups excluding carboxylic acids is 2. The lowest BCUT2D eigenvalue weighted by molar-refractivity contribution is -0.119. The smallest absolute Gasteiger partial charge is 0.234 e. The maximum absolute atomic E-state index is 13.6. The molecule has 2 aromatic rings. The van der Waals surface area contributed by atoms with E-state index in [1.165, 1.54) is 7.11 Å². The highest BCUT2D eigenvalue weighted by molar-refractivity contribution is 9.10. The second-order valence-corrected chi connectivity index (χ2v) is 8.94. The molecule has 4 rings (SSSR count). The number of benzene rings is 2. The Morgan fingerprint density at radius 1 is 1.15 bits per heavy atom. The molecule has 7 nitrogen and oxygen atoms in total. The minimum atomic E-state index is -0.725. The number of phenols is 1. The Kier molecular flexibility index (Phi) is 6.56. The molecule has 33 heavy (non-hydrogen) atoms. The van der Waals surface area contributed by atoms with Crippen molar-refractivity contribution >= 4 is 39.0 Å². The zero-order chi connectivity index (χ0) is 23.7. The topological polar surface area (TPSA) is 97.2 Å². The minimum Gasteiger partial charge on any atom is -0.503 e. The van der Waals surface area contributed by atoms with Gasteiger partial charge in [0.2, 0.25) is 5.91 Å². The Bertz CT molecular complexity index is 1190. The average molecular weight is 513 g/mol. The number of halogens is 1. The van der Waals surface area contributed by atoms with E-state index in [9.17, 15) is 14.7 Å². The summed E-state index contributed by atoms with van der Waals surface area (Å²) in [6, 6.07) is 10.6. The number of amides is 1. The highest BCUT2D eigenvalue weighted by atomic mass is 79.9. The van der Waals surface area contributed by atoms with Crippen LogP contribution in [0.15, 0.2) is 57.1 Å². The Morgan fingerprint density at radius 3 is 2.61 bits per heavy atom. The van der Waals surface area contributed by atoms with Crippen LogP contribution in [0.3, 0.4) is 0 Å². The van der Waals surface area contributed by atoms with Crippen LogP contribution in [0.2, 0.25) is 0 Å². The van der Waals surface area contributed by atoms with E-state index in [4.69, 9.17) is 14.5 Å². The number of phenolic OH excluding ortho intramolecular Hbond substituents is 1. The first-order valence-electron chi connectivity index (χ1n) is 10.7. The summed E-state index contributed by atoms with van der Waals surface area (Å²) in [4.78, 5) is 31.4. The fraction of sp³-hybridized carbons (Fsp3) is 0.320. The first-order valence-corrected chi connectivity index (χ1v) is 11.5. The molecule has 0 aromatic heterocycles. The Morgan fingerprint density at radius 2 is 1.88 bits per heavy atom. The number of aromatic hydroxyl groups is 1. The van der Waals surface area contributed by atoms with Crippen molar-refractivity contribution in [3.63, 3.8) is 0 Å². The van der Waals surface area contributed by atoms with E-state index in [2.05, 4.69) is 21.2 Å². The number of hydrogen-bond acceptors (Lipinski definition) is 6. The van der Waals surface area contributed by atoms with Gasteiger partial charge >= 0.3 is 0 Å². The third kappa shape index (κ3) is 4.27. The van der Waals surface area contributed by atoms with Crippen LogP contribution in [-0.2, 0) is 9.59 Å². The van der Waals surface area contributed by atoms with Gasteiger partial charge in [0.05, 0.1) is 30.3 Å². The van der Waals surface area contributed by atoms with Crippen molar-refractivity contribution in [2.24, 2.45) is 10.9 Å². The van der Waals surface area contributed by atoms with Crippen LogP contribution in [-0.4, -0.2) is 36.7 Å². The largest absolute Gasteiger partial charge is 0.503 e. The molecule has 0 radical (unpaired) electrons. The van der Waals surface area contributed by atoms with E-state index >= 15 is 0 Å². The molecule has 1 aliphatic heterocycles. The number of nitrogens with zero attached hydrogens (tertiary/aromatic N) is 1. The van der Waals surface area contributed by atoms with Gasteiger partial charge in [-0.15, -0.1) is 0 Å². The molecule has 1 aliphatic carbocycles. The number of rotatable bonds is 5. The summed E-state index contributed by atoms with van der Waals surface area (Å²) < 4.78 is 11.1. The predicted molar refractivity (Wildman–Crippen MR) is 129 cm³/mol. The monoisotopic (exact) mass is 512 g/mol. The Labute approximate surface area is 200 Å². The quantitative estimate of drug-likeness (QED) is 0.587. The maximum Gasteiger partial charge on any atom is 0.234 e. The predicted octanol–water partition coefficient (Wildman–Crippen LogP) is 4.99. The number of para-hydroxylation sites is 2. The minimum absolute atomic E-state index is 0.00393. The number of nitrogens with one attached hydrogen (secondary N) is 1. The van der Waals surface area contributed by atoms with Crippen molar-refractivity contribution < 1.29 is 24.2 Å². The van der Waals surface area contributed by atoms with Crippen molar-refractivity contribution in [2.75, 3.05) is 19.5 Å². The molecule has 2 unspecified atom stereocenters. The van der Waals surface area contributed by atoms with Gasteiger partial charge in [0, 0.05) is 29.3 Å². The summed E-state index contributed by atoms with van der Waals surface area (Å²) in [7, 11) is 3.00. The zero-order valence-corrected chi connectivity index (χ0v) is 20.2. The van der Waals surface area contributed by atoms with Crippen LogP contribution in [0, 0.1) is 5.92 Å². The van der Waals surface area contributed by atoms with E-state index in [0.29, 0.717) is 45.6 Å². The molecule has 2 N–H and O–H groups in total. The molecule has 0 saturated heterocycles. The Hall–Kier alpha value is -3.13. The molecule has 1 amide bonds. The average Bonchev–Trinajstić information content (AvgIpc) is 2.80. The van der Waals surface area contributed by atoms with E-state index in [1.54, 1.807) is 31.4 Å². The number of methoxy groups -OCH3 is 2. The molecule has 2 aliphatic rings. The number of carbonyl (C=O) groups is 2. The summed E-state index contributed by atoms with van der Waals surface area (Å²) in [5, 5.41) is 13.3. The lowest BCUT2D eigenvalue weighted by atomic mass is 9.71. The molecule has 1 heterocycles. The third-order valence-corrected chi connectivity index (χ3v) is 6.72. The summed E-state index contributed by atoms with van der Waals surface area (Å²) >= 11 is 3.37. The summed E-state index contributed by atoms with van der Waals surface area (Å²) in [5.74, 6) is -0.830. The lowest BCUT2D eigenvalue weighted by Gasteiger charge is -2.35. The summed E-state index contributed by atoms with van der Waals surface area (Å²) in [5.41, 5.74) is 3.15. The summed E-state index contributed by atoms with van der Waals surface area (Å²) in [6.07, 6.45) is 1.84. The number of ether oxygens (including phenoxy) is 2. The first-order chi connectivity index (χ1) is 15.8. The van der Waals surface area contributed by atoms with Crippen LogP contribution in [0.5, 0.6) is 17.2 Å². The molecule has 2 aromatic carbocycles. The van der Waals surface area contributed by atoms with Gasteiger partial charge in [-0.05, 0) is 65.5 Å². The van der Waals surface area contributed by atoms with Gasteiger partial charge in [-0.1, -0.05) is 12.1 Å². The van der Waals surface area contributed by atoms with Crippen molar-refractivity contribution in [3.05, 3.63) is 57.7 Å². The molecule has 8 heteroatoms. The highest BCUT2D eigenvalue weighted by Gasteiger charge is 2.43. The van der Waals surface area contributed by atoms with Crippen molar-refractivity contribution in [3.8, 4) is 17.2 Å². The molecule has 0 saturated carbocycles. The highest BCUT2D eigenvalue weighted by Crippen LogP contribution is 2.47. The molecule has 0 spiro atoms. The zero-order valence-electron chi connectivity index (χ0n) is 18.6. The van der Waals surface area contributed by atoms with Crippen molar-refractivity contribution in [1.82, 2.24) is 0 Å². The van der Waals surface area contributed by atoms with Crippen LogP contribution in [0.25, 0.3) is 0 Å². The number of ketones is 1. The van der Waals surface area contributed by atoms with Gasteiger partial charge in [-0.2, -0.15) is 0 Å². The number of aliphatic imine (C=N–C) groups is 1. The van der Waals surface area contributed by atoms with E-state index in [1.807, 2.05) is 19.1 Å². The molecular weight excluding hydrogens is 488 g/mol. The Balaban J connectivity index is 1.84. The van der Waals surface area contributed by atoms with Gasteiger partial charge in [-0.3, -0.25) is 14.6 Å². The normalized spacial score (nSPS) is 20.1. The van der Waals surface area contributed by atoms with Crippen LogP contribution >= 0.6 is 15.9 Å². The maximum atomic E-state index is 13.6. The molecule has 172 valence electrons. The van der Waals surface area contributed by atoms with Crippen LogP contribution in [0.1, 0.15) is 37.7 Å². The number of Topliss-reactive ketones (excluding diaryl/α,β-unsaturated/α-hetero) is 1. The van der Waals surface area contributed by atoms with Crippen molar-refractivity contribution in [2.45, 2.75) is 32.1 Å². The standard InChI is InChI=1S/C25H25BrN2O5/c1-13-21(25(31)28-16-7-4-5-10-19(16)32-2)22(23-17(27-13)8-6-9-18(23)29)14-11-15(26)24(30)20(12-14)33-3/h4-5,7,10-12,21-22,30H,6,8-9H2,1-3H3,(H,28,31). The van der Waals surface area contributed by atoms with Gasteiger partial charge in [0.15, 0.2) is 17.3 Å². The first kappa shape index (κ1) is 23.0. The molecule has 0 bridgehead atoms. The third-order valence-electron chi connectivity index (χ3n) is 6.11. The van der Waals surface area contributed by atoms with Crippen LogP contribution in [0.4, 0.5) is 5.69 Å². The van der Waals surface area contributed by atoms with Gasteiger partial charge in [0.1, 0.15) is 5.75 Å². The van der Waals surface area contributed by atoms with Gasteiger partial charge in [-0.25, -0.2) is 0 Å². The fourth-order valence-corrected chi connectivity index (χ4v) is 5.05. The second-order valence-electron chi connectivity index (χ2n) is 8.09. The number of allylic oxidation sites excluding steroid dienone is 2. The van der Waals surface area contributed by atoms with E-state index in [-0.39, 0.29) is 23.2 Å².